The minimum atomic E-state index is -0.615. The van der Waals surface area contributed by atoms with Crippen LogP contribution in [0.4, 0.5) is 0 Å². The van der Waals surface area contributed by atoms with E-state index in [4.69, 9.17) is 5.73 Å². The molecule has 0 aromatic rings. The number of hydrogen-bond donors (Lipinski definition) is 2. The zero-order valence-electron chi connectivity index (χ0n) is 7.08. The van der Waals surface area contributed by atoms with Crippen LogP contribution >= 0.6 is 0 Å². The van der Waals surface area contributed by atoms with Gasteiger partial charge in [-0.1, -0.05) is 0 Å². The summed E-state index contributed by atoms with van der Waals surface area (Å²) in [7, 11) is 0. The second-order valence-electron chi connectivity index (χ2n) is 2.76. The molecule has 1 fully saturated rings. The van der Waals surface area contributed by atoms with Crippen LogP contribution in [-0.2, 0) is 14.4 Å². The Kier molecular flexibility index (Phi) is 2.84. The van der Waals surface area contributed by atoms with Crippen molar-refractivity contribution in [2.75, 3.05) is 19.6 Å². The van der Waals surface area contributed by atoms with Gasteiger partial charge in [-0.05, 0) is 0 Å². The number of carbonyl (C=O) groups is 3. The van der Waals surface area contributed by atoms with Crippen molar-refractivity contribution in [3.63, 3.8) is 0 Å². The third-order valence-corrected chi connectivity index (χ3v) is 1.78. The molecule has 0 radical (unpaired) electrons. The number of nitrogens with two attached hydrogens (primary N) is 1. The summed E-state index contributed by atoms with van der Waals surface area (Å²) in [6.45, 7) is 1.10. The Morgan fingerprint density at radius 2 is 2.23 bits per heavy atom. The minimum Gasteiger partial charge on any atom is -0.370 e. The molecular formula is C7H11N3O3. The molecule has 0 atom stereocenters. The monoisotopic (exact) mass is 185 g/mol. The average Bonchev–Trinajstić information content (AvgIpc) is 2.07. The Hall–Kier alpha value is -1.59. The molecule has 1 saturated heterocycles. The highest BCUT2D eigenvalue weighted by Crippen LogP contribution is 1.96. The first-order chi connectivity index (χ1) is 6.11. The lowest BCUT2D eigenvalue weighted by atomic mass is 10.3. The zero-order chi connectivity index (χ0) is 9.84. The van der Waals surface area contributed by atoms with Crippen LogP contribution in [0.3, 0.4) is 0 Å². The lowest BCUT2D eigenvalue weighted by Crippen LogP contribution is -2.52. The predicted molar refractivity (Wildman–Crippen MR) is 43.4 cm³/mol. The van der Waals surface area contributed by atoms with Gasteiger partial charge in [0, 0.05) is 26.1 Å². The quantitative estimate of drug-likeness (QED) is 0.489. The van der Waals surface area contributed by atoms with Crippen LogP contribution in [0.15, 0.2) is 0 Å². The van der Waals surface area contributed by atoms with Crippen LogP contribution in [0.1, 0.15) is 6.42 Å². The Labute approximate surface area is 75.1 Å². The molecule has 3 amide bonds. The van der Waals surface area contributed by atoms with E-state index in [0.29, 0.717) is 13.1 Å². The van der Waals surface area contributed by atoms with Crippen molar-refractivity contribution >= 4 is 17.7 Å². The van der Waals surface area contributed by atoms with Crippen LogP contribution < -0.4 is 11.1 Å². The van der Waals surface area contributed by atoms with Gasteiger partial charge >= 0.3 is 11.8 Å². The van der Waals surface area contributed by atoms with Crippen molar-refractivity contribution in [1.29, 1.82) is 0 Å². The van der Waals surface area contributed by atoms with Crippen LogP contribution in [0.2, 0.25) is 0 Å². The maximum absolute atomic E-state index is 11.1. The van der Waals surface area contributed by atoms with Gasteiger partial charge in [-0.2, -0.15) is 0 Å². The molecule has 1 heterocycles. The molecule has 0 aliphatic carbocycles. The van der Waals surface area contributed by atoms with Crippen LogP contribution in [-0.4, -0.2) is 42.3 Å². The van der Waals surface area contributed by atoms with Crippen molar-refractivity contribution < 1.29 is 14.4 Å². The summed E-state index contributed by atoms with van der Waals surface area (Å²) in [4.78, 5) is 33.7. The second-order valence-corrected chi connectivity index (χ2v) is 2.76. The minimum absolute atomic E-state index is 0.0962. The fourth-order valence-electron chi connectivity index (χ4n) is 1.08. The number of nitrogens with zero attached hydrogens (tertiary/aromatic N) is 1. The van der Waals surface area contributed by atoms with E-state index >= 15 is 0 Å². The van der Waals surface area contributed by atoms with E-state index in [9.17, 15) is 14.4 Å². The maximum Gasteiger partial charge on any atom is 0.311 e. The first-order valence-electron chi connectivity index (χ1n) is 3.96. The Morgan fingerprint density at radius 1 is 1.54 bits per heavy atom. The molecule has 3 N–H and O–H groups in total. The molecule has 1 aliphatic rings. The topological polar surface area (TPSA) is 92.5 Å². The Morgan fingerprint density at radius 3 is 2.85 bits per heavy atom. The predicted octanol–water partition coefficient (Wildman–Crippen LogP) is -2.18. The molecule has 6 heteroatoms. The molecule has 0 bridgehead atoms. The summed E-state index contributed by atoms with van der Waals surface area (Å²) < 4.78 is 0. The van der Waals surface area contributed by atoms with Gasteiger partial charge < -0.3 is 16.0 Å². The molecule has 0 aromatic carbocycles. The molecule has 0 unspecified atom stereocenters. The van der Waals surface area contributed by atoms with Gasteiger partial charge in [0.1, 0.15) is 0 Å². The number of amides is 3. The van der Waals surface area contributed by atoms with E-state index in [2.05, 4.69) is 5.32 Å². The van der Waals surface area contributed by atoms with Crippen molar-refractivity contribution in [3.05, 3.63) is 0 Å². The molecule has 1 aliphatic heterocycles. The van der Waals surface area contributed by atoms with Gasteiger partial charge in [-0.3, -0.25) is 14.4 Å². The third kappa shape index (κ3) is 2.43. The fraction of sp³-hybridized carbons (Fsp3) is 0.571. The van der Waals surface area contributed by atoms with E-state index in [1.165, 1.54) is 4.90 Å². The fourth-order valence-corrected chi connectivity index (χ4v) is 1.08. The van der Waals surface area contributed by atoms with Gasteiger partial charge in [0.15, 0.2) is 0 Å². The first-order valence-corrected chi connectivity index (χ1v) is 3.96. The van der Waals surface area contributed by atoms with Gasteiger partial charge in [0.05, 0.1) is 0 Å². The van der Waals surface area contributed by atoms with Crippen LogP contribution in [0.25, 0.3) is 0 Å². The Balaban J connectivity index is 2.44. The van der Waals surface area contributed by atoms with Gasteiger partial charge in [0.2, 0.25) is 5.91 Å². The molecule has 1 rings (SSSR count). The molecule has 6 nitrogen and oxygen atoms in total. The summed E-state index contributed by atoms with van der Waals surface area (Å²) in [5, 5.41) is 2.40. The van der Waals surface area contributed by atoms with Gasteiger partial charge in [-0.25, -0.2) is 0 Å². The van der Waals surface area contributed by atoms with Gasteiger partial charge in [-0.15, -0.1) is 0 Å². The number of piperazine rings is 1. The van der Waals surface area contributed by atoms with Crippen molar-refractivity contribution in [3.8, 4) is 0 Å². The largest absolute Gasteiger partial charge is 0.370 e. The van der Waals surface area contributed by atoms with Crippen LogP contribution in [0, 0.1) is 0 Å². The van der Waals surface area contributed by atoms with E-state index < -0.39 is 17.7 Å². The third-order valence-electron chi connectivity index (χ3n) is 1.78. The summed E-state index contributed by atoms with van der Waals surface area (Å²) in [6.07, 6.45) is 0.0962. The standard InChI is InChI=1S/C7H11N3O3/c8-5(11)1-3-10-4-2-9-6(12)7(10)13/h1-4H2,(H2,8,11)(H,9,12). The summed E-state index contributed by atoms with van der Waals surface area (Å²) in [6, 6.07) is 0. The SMILES string of the molecule is NC(=O)CCN1CCNC(=O)C1=O. The Bertz CT molecular complexity index is 251. The first kappa shape index (κ1) is 9.50. The normalized spacial score (nSPS) is 17.1. The van der Waals surface area contributed by atoms with E-state index in [1.807, 2.05) is 0 Å². The van der Waals surface area contributed by atoms with Crippen LogP contribution in [0.5, 0.6) is 0 Å². The molecule has 13 heavy (non-hydrogen) atoms. The summed E-state index contributed by atoms with van der Waals surface area (Å²) in [5.74, 6) is -1.68. The number of carbonyl (C=O) groups excluding carboxylic acids is 3. The number of rotatable bonds is 3. The molecule has 0 saturated carbocycles. The number of nitrogens with one attached hydrogen (secondary N) is 1. The number of primary amides is 1. The summed E-state index contributed by atoms with van der Waals surface area (Å²) in [5.41, 5.74) is 4.91. The maximum atomic E-state index is 11.1. The molecule has 0 aromatic heterocycles. The lowest BCUT2D eigenvalue weighted by Gasteiger charge is -2.25. The highest BCUT2D eigenvalue weighted by Gasteiger charge is 2.25. The molecule has 72 valence electrons. The zero-order valence-corrected chi connectivity index (χ0v) is 7.08. The van der Waals surface area contributed by atoms with E-state index in [0.717, 1.165) is 0 Å². The highest BCUT2D eigenvalue weighted by atomic mass is 16.2. The highest BCUT2D eigenvalue weighted by molar-refractivity contribution is 6.35. The second kappa shape index (κ2) is 3.88. The van der Waals surface area contributed by atoms with Gasteiger partial charge in [0.25, 0.3) is 0 Å². The average molecular weight is 185 g/mol. The molecular weight excluding hydrogens is 174 g/mol. The van der Waals surface area contributed by atoms with Crippen molar-refractivity contribution in [1.82, 2.24) is 10.2 Å². The van der Waals surface area contributed by atoms with Crippen molar-refractivity contribution in [2.24, 2.45) is 5.73 Å². The van der Waals surface area contributed by atoms with Crippen molar-refractivity contribution in [2.45, 2.75) is 6.42 Å². The van der Waals surface area contributed by atoms with E-state index in [1.54, 1.807) is 0 Å². The smallest absolute Gasteiger partial charge is 0.311 e. The molecule has 0 spiro atoms. The summed E-state index contributed by atoms with van der Waals surface area (Å²) >= 11 is 0. The number of hydrogen-bond acceptors (Lipinski definition) is 3. The lowest BCUT2D eigenvalue weighted by molar-refractivity contribution is -0.148. The van der Waals surface area contributed by atoms with E-state index in [-0.39, 0.29) is 13.0 Å².